The standard InChI is InChI=1S/C15H17N5O/c1-11-9-20(10-12(2)21-11)15-5-3-13(4-6-15)18-19-14(7-16)8-17/h3-6,11-12,18H,9-10H2,1-2H3. The van der Waals surface area contributed by atoms with E-state index in [0.29, 0.717) is 0 Å². The Morgan fingerprint density at radius 3 is 2.29 bits per heavy atom. The first kappa shape index (κ1) is 14.8. The van der Waals surface area contributed by atoms with Gasteiger partial charge < -0.3 is 9.64 Å². The zero-order chi connectivity index (χ0) is 15.2. The molecule has 0 radical (unpaired) electrons. The van der Waals surface area contributed by atoms with E-state index in [2.05, 4.69) is 29.3 Å². The summed E-state index contributed by atoms with van der Waals surface area (Å²) in [5, 5.41) is 20.9. The van der Waals surface area contributed by atoms with Crippen LogP contribution in [0.3, 0.4) is 0 Å². The first-order valence-electron chi connectivity index (χ1n) is 6.76. The first-order chi connectivity index (χ1) is 10.1. The van der Waals surface area contributed by atoms with Crippen LogP contribution in [0.25, 0.3) is 0 Å². The van der Waals surface area contributed by atoms with Gasteiger partial charge in [0.25, 0.3) is 0 Å². The maximum atomic E-state index is 8.61. The Balaban J connectivity index is 2.04. The second-order valence-electron chi connectivity index (χ2n) is 5.00. The molecule has 0 aromatic heterocycles. The van der Waals surface area contributed by atoms with Crippen LogP contribution in [0.5, 0.6) is 0 Å². The number of hydrazone groups is 1. The number of nitrogens with one attached hydrogen (secondary N) is 1. The molecule has 1 N–H and O–H groups in total. The van der Waals surface area contributed by atoms with Crippen LogP contribution >= 0.6 is 0 Å². The monoisotopic (exact) mass is 283 g/mol. The summed E-state index contributed by atoms with van der Waals surface area (Å²) in [4.78, 5) is 2.28. The Kier molecular flexibility index (Phi) is 4.76. The van der Waals surface area contributed by atoms with Crippen LogP contribution in [0.4, 0.5) is 11.4 Å². The van der Waals surface area contributed by atoms with Crippen molar-refractivity contribution in [2.75, 3.05) is 23.4 Å². The van der Waals surface area contributed by atoms with Crippen molar-refractivity contribution in [3.63, 3.8) is 0 Å². The minimum atomic E-state index is -0.199. The van der Waals surface area contributed by atoms with E-state index in [4.69, 9.17) is 15.3 Å². The Morgan fingerprint density at radius 2 is 1.76 bits per heavy atom. The van der Waals surface area contributed by atoms with Gasteiger partial charge in [-0.05, 0) is 38.1 Å². The van der Waals surface area contributed by atoms with Gasteiger partial charge >= 0.3 is 0 Å². The van der Waals surface area contributed by atoms with E-state index < -0.39 is 0 Å². The molecule has 0 bridgehead atoms. The summed E-state index contributed by atoms with van der Waals surface area (Å²) in [7, 11) is 0. The van der Waals surface area contributed by atoms with Crippen LogP contribution in [-0.2, 0) is 4.74 Å². The molecule has 1 heterocycles. The molecular formula is C15H17N5O. The zero-order valence-electron chi connectivity index (χ0n) is 12.1. The van der Waals surface area contributed by atoms with E-state index in [1.54, 1.807) is 12.1 Å². The van der Waals surface area contributed by atoms with Gasteiger partial charge in [-0.1, -0.05) is 0 Å². The van der Waals surface area contributed by atoms with Gasteiger partial charge in [0.05, 0.1) is 17.9 Å². The molecule has 1 saturated heterocycles. The highest BCUT2D eigenvalue weighted by atomic mass is 16.5. The van der Waals surface area contributed by atoms with Crippen LogP contribution in [0.2, 0.25) is 0 Å². The smallest absolute Gasteiger partial charge is 0.237 e. The highest BCUT2D eigenvalue weighted by molar-refractivity contribution is 6.10. The highest BCUT2D eigenvalue weighted by Gasteiger charge is 2.22. The summed E-state index contributed by atoms with van der Waals surface area (Å²) in [6.07, 6.45) is 0.426. The van der Waals surface area contributed by atoms with Gasteiger partial charge in [-0.15, -0.1) is 0 Å². The lowest BCUT2D eigenvalue weighted by Gasteiger charge is -2.36. The number of morpholine rings is 1. The van der Waals surface area contributed by atoms with Gasteiger partial charge in [-0.25, -0.2) is 0 Å². The Labute approximate surface area is 124 Å². The van der Waals surface area contributed by atoms with Crippen LogP contribution in [0.15, 0.2) is 29.4 Å². The van der Waals surface area contributed by atoms with E-state index in [0.717, 1.165) is 24.5 Å². The SMILES string of the molecule is CC1CN(c2ccc(NN=C(C#N)C#N)cc2)CC(C)O1. The quantitative estimate of drug-likeness (QED) is 0.678. The number of hydrogen-bond donors (Lipinski definition) is 1. The predicted octanol–water partition coefficient (Wildman–Crippen LogP) is 2.12. The number of benzene rings is 1. The molecule has 1 aromatic rings. The minimum Gasteiger partial charge on any atom is -0.372 e. The molecule has 6 heteroatoms. The molecule has 6 nitrogen and oxygen atoms in total. The van der Waals surface area contributed by atoms with Crippen molar-refractivity contribution >= 4 is 17.1 Å². The molecular weight excluding hydrogens is 266 g/mol. The zero-order valence-corrected chi connectivity index (χ0v) is 12.1. The molecule has 21 heavy (non-hydrogen) atoms. The largest absolute Gasteiger partial charge is 0.372 e. The second-order valence-corrected chi connectivity index (χ2v) is 5.00. The molecule has 0 spiro atoms. The average Bonchev–Trinajstić information content (AvgIpc) is 2.48. The van der Waals surface area contributed by atoms with Crippen LogP contribution in [-0.4, -0.2) is 31.0 Å². The molecule has 1 aliphatic rings. The fourth-order valence-electron chi connectivity index (χ4n) is 2.33. The number of nitriles is 2. The van der Waals surface area contributed by atoms with Gasteiger partial charge in [-0.2, -0.15) is 15.6 Å². The van der Waals surface area contributed by atoms with E-state index >= 15 is 0 Å². The van der Waals surface area contributed by atoms with E-state index in [1.807, 2.05) is 24.3 Å². The van der Waals surface area contributed by atoms with E-state index in [9.17, 15) is 0 Å². The molecule has 0 amide bonds. The van der Waals surface area contributed by atoms with Crippen molar-refractivity contribution in [3.05, 3.63) is 24.3 Å². The van der Waals surface area contributed by atoms with Crippen molar-refractivity contribution in [2.45, 2.75) is 26.1 Å². The molecule has 1 aliphatic heterocycles. The van der Waals surface area contributed by atoms with Gasteiger partial charge in [0.15, 0.2) is 0 Å². The number of rotatable bonds is 3. The Bertz CT molecular complexity index is 570. The fourth-order valence-corrected chi connectivity index (χ4v) is 2.33. The van der Waals surface area contributed by atoms with Crippen LogP contribution in [0, 0.1) is 22.7 Å². The van der Waals surface area contributed by atoms with E-state index in [-0.39, 0.29) is 17.9 Å². The van der Waals surface area contributed by atoms with Crippen LogP contribution < -0.4 is 10.3 Å². The van der Waals surface area contributed by atoms with Gasteiger partial charge in [0, 0.05) is 18.8 Å². The maximum absolute atomic E-state index is 8.61. The number of anilines is 2. The third kappa shape index (κ3) is 3.95. The fraction of sp³-hybridized carbons (Fsp3) is 0.400. The lowest BCUT2D eigenvalue weighted by Crippen LogP contribution is -2.45. The molecule has 0 saturated carbocycles. The summed E-state index contributed by atoms with van der Waals surface area (Å²) in [6.45, 7) is 5.86. The van der Waals surface area contributed by atoms with Crippen molar-refractivity contribution in [2.24, 2.45) is 5.10 Å². The number of hydrogen-bond acceptors (Lipinski definition) is 6. The third-order valence-corrected chi connectivity index (χ3v) is 3.16. The normalized spacial score (nSPS) is 21.0. The minimum absolute atomic E-state index is 0.199. The Morgan fingerprint density at radius 1 is 1.19 bits per heavy atom. The van der Waals surface area contributed by atoms with Gasteiger partial charge in [0.2, 0.25) is 5.71 Å². The maximum Gasteiger partial charge on any atom is 0.237 e. The molecule has 1 aromatic carbocycles. The van der Waals surface area contributed by atoms with Gasteiger partial charge in [-0.3, -0.25) is 5.43 Å². The van der Waals surface area contributed by atoms with Gasteiger partial charge in [0.1, 0.15) is 12.1 Å². The lowest BCUT2D eigenvalue weighted by atomic mass is 10.2. The van der Waals surface area contributed by atoms with E-state index in [1.165, 1.54) is 0 Å². The topological polar surface area (TPSA) is 84.4 Å². The summed E-state index contributed by atoms with van der Waals surface area (Å²) < 4.78 is 5.72. The van der Waals surface area contributed by atoms with Crippen molar-refractivity contribution in [1.29, 1.82) is 10.5 Å². The average molecular weight is 283 g/mol. The van der Waals surface area contributed by atoms with Crippen molar-refractivity contribution in [3.8, 4) is 12.1 Å². The molecule has 1 fully saturated rings. The molecule has 0 aliphatic carbocycles. The first-order valence-corrected chi connectivity index (χ1v) is 6.76. The summed E-state index contributed by atoms with van der Waals surface area (Å²) >= 11 is 0. The van der Waals surface area contributed by atoms with Crippen molar-refractivity contribution in [1.82, 2.24) is 0 Å². The molecule has 2 unspecified atom stereocenters. The molecule has 108 valence electrons. The Hall–Kier alpha value is -2.57. The highest BCUT2D eigenvalue weighted by Crippen LogP contribution is 2.22. The molecule has 2 rings (SSSR count). The second kappa shape index (κ2) is 6.74. The number of ether oxygens (including phenoxy) is 1. The van der Waals surface area contributed by atoms with Crippen LogP contribution in [0.1, 0.15) is 13.8 Å². The number of nitrogens with zero attached hydrogens (tertiary/aromatic N) is 4. The summed E-state index contributed by atoms with van der Waals surface area (Å²) in [5.74, 6) is 0. The summed E-state index contributed by atoms with van der Waals surface area (Å²) in [5.41, 5.74) is 4.35. The van der Waals surface area contributed by atoms with Crippen molar-refractivity contribution < 1.29 is 4.74 Å². The lowest BCUT2D eigenvalue weighted by molar-refractivity contribution is -0.00521. The summed E-state index contributed by atoms with van der Waals surface area (Å²) in [6, 6.07) is 11.1. The third-order valence-electron chi connectivity index (χ3n) is 3.16. The molecule has 2 atom stereocenters. The predicted molar refractivity (Wildman–Crippen MR) is 80.9 cm³/mol.